The number of aliphatic hydroxyl groups is 1. The van der Waals surface area contributed by atoms with E-state index < -0.39 is 12.2 Å². The van der Waals surface area contributed by atoms with Crippen LogP contribution in [-0.2, 0) is 6.54 Å². The molecule has 1 saturated heterocycles. The molecule has 17 heavy (non-hydrogen) atoms. The molecule has 1 aromatic heterocycles. The van der Waals surface area contributed by atoms with E-state index in [1.807, 2.05) is 6.92 Å². The van der Waals surface area contributed by atoms with E-state index in [9.17, 15) is 9.18 Å². The number of carbonyl (C=O) groups excluding carboxylic acids is 1. The topological polar surface area (TPSA) is 58.4 Å². The summed E-state index contributed by atoms with van der Waals surface area (Å²) in [7, 11) is 0. The van der Waals surface area contributed by atoms with Crippen molar-refractivity contribution in [3.63, 3.8) is 0 Å². The van der Waals surface area contributed by atoms with Crippen LogP contribution in [0, 0.1) is 0 Å². The van der Waals surface area contributed by atoms with Crippen molar-refractivity contribution in [3.05, 3.63) is 18.0 Å². The molecule has 0 spiro atoms. The molecule has 2 atom stereocenters. The third kappa shape index (κ3) is 2.31. The minimum atomic E-state index is -1.04. The Morgan fingerprint density at radius 1 is 1.71 bits per heavy atom. The van der Waals surface area contributed by atoms with Gasteiger partial charge in [0.15, 0.2) is 0 Å². The zero-order valence-electron chi connectivity index (χ0n) is 9.71. The number of halogens is 1. The first kappa shape index (κ1) is 12.0. The molecule has 1 aromatic rings. The molecule has 0 bridgehead atoms. The first-order valence-corrected chi connectivity index (χ1v) is 5.74. The van der Waals surface area contributed by atoms with Crippen molar-refractivity contribution in [1.29, 1.82) is 0 Å². The van der Waals surface area contributed by atoms with Crippen molar-refractivity contribution < 1.29 is 14.3 Å². The first-order valence-electron chi connectivity index (χ1n) is 5.74. The standard InChI is InChI=1S/C11H16FN3O2/c1-2-14-5-8(4-13-14)11(17)15-6-9(12)3-10(15)7-16/h4-5,9-10,16H,2-3,6-7H2,1H3/t9-,10-/m0/s1. The van der Waals surface area contributed by atoms with Crippen molar-refractivity contribution in [2.75, 3.05) is 13.2 Å². The van der Waals surface area contributed by atoms with Gasteiger partial charge in [0.05, 0.1) is 31.0 Å². The number of aromatic nitrogens is 2. The Morgan fingerprint density at radius 2 is 2.47 bits per heavy atom. The molecule has 0 radical (unpaired) electrons. The fraction of sp³-hybridized carbons (Fsp3) is 0.636. The molecule has 2 heterocycles. The van der Waals surface area contributed by atoms with Gasteiger partial charge >= 0.3 is 0 Å². The van der Waals surface area contributed by atoms with Gasteiger partial charge in [0.1, 0.15) is 6.17 Å². The van der Waals surface area contributed by atoms with Crippen LogP contribution in [0.2, 0.25) is 0 Å². The molecule has 94 valence electrons. The lowest BCUT2D eigenvalue weighted by Gasteiger charge is -2.21. The average molecular weight is 241 g/mol. The summed E-state index contributed by atoms with van der Waals surface area (Å²) >= 11 is 0. The Hall–Kier alpha value is -1.43. The van der Waals surface area contributed by atoms with Crippen molar-refractivity contribution in [2.24, 2.45) is 0 Å². The van der Waals surface area contributed by atoms with Crippen LogP contribution in [-0.4, -0.2) is 51.1 Å². The zero-order valence-corrected chi connectivity index (χ0v) is 9.71. The summed E-state index contributed by atoms with van der Waals surface area (Å²) in [5.74, 6) is -0.260. The highest BCUT2D eigenvalue weighted by molar-refractivity contribution is 5.94. The molecule has 1 fully saturated rings. The zero-order chi connectivity index (χ0) is 12.4. The average Bonchev–Trinajstić information content (AvgIpc) is 2.93. The number of nitrogens with zero attached hydrogens (tertiary/aromatic N) is 3. The molecule has 6 heteroatoms. The van der Waals surface area contributed by atoms with Gasteiger partial charge in [-0.3, -0.25) is 9.48 Å². The minimum absolute atomic E-state index is 0.0569. The van der Waals surface area contributed by atoms with Gasteiger partial charge in [0.25, 0.3) is 5.91 Å². The maximum Gasteiger partial charge on any atom is 0.257 e. The highest BCUT2D eigenvalue weighted by Gasteiger charge is 2.35. The van der Waals surface area contributed by atoms with Crippen LogP contribution >= 0.6 is 0 Å². The van der Waals surface area contributed by atoms with Crippen LogP contribution in [0.4, 0.5) is 4.39 Å². The highest BCUT2D eigenvalue weighted by Crippen LogP contribution is 2.22. The summed E-state index contributed by atoms with van der Waals surface area (Å²) in [6, 6.07) is -0.414. The van der Waals surface area contributed by atoms with Crippen LogP contribution in [0.1, 0.15) is 23.7 Å². The quantitative estimate of drug-likeness (QED) is 0.835. The van der Waals surface area contributed by atoms with Gasteiger partial charge in [-0.05, 0) is 6.92 Å². The summed E-state index contributed by atoms with van der Waals surface area (Å²) < 4.78 is 14.9. The van der Waals surface area contributed by atoms with E-state index in [1.165, 1.54) is 11.1 Å². The van der Waals surface area contributed by atoms with Crippen LogP contribution < -0.4 is 0 Å². The minimum Gasteiger partial charge on any atom is -0.394 e. The second-order valence-corrected chi connectivity index (χ2v) is 4.21. The maximum atomic E-state index is 13.2. The summed E-state index contributed by atoms with van der Waals surface area (Å²) in [6.07, 6.45) is 2.29. The molecule has 1 amide bonds. The van der Waals surface area contributed by atoms with E-state index in [4.69, 9.17) is 5.11 Å². The first-order chi connectivity index (χ1) is 8.15. The van der Waals surface area contributed by atoms with E-state index in [0.29, 0.717) is 12.1 Å². The number of carbonyl (C=O) groups is 1. The monoisotopic (exact) mass is 241 g/mol. The second kappa shape index (κ2) is 4.83. The van der Waals surface area contributed by atoms with Crippen molar-refractivity contribution >= 4 is 5.91 Å². The Labute approximate surface area is 98.8 Å². The number of rotatable bonds is 3. The Balaban J connectivity index is 2.13. The number of hydrogen-bond acceptors (Lipinski definition) is 3. The highest BCUT2D eigenvalue weighted by atomic mass is 19.1. The number of aryl methyl sites for hydroxylation is 1. The predicted octanol–water partition coefficient (Wildman–Crippen LogP) is 0.448. The Bertz CT molecular complexity index is 407. The normalized spacial score (nSPS) is 24.3. The smallest absolute Gasteiger partial charge is 0.257 e. The molecule has 1 aliphatic rings. The molecular weight excluding hydrogens is 225 g/mol. The van der Waals surface area contributed by atoms with Gasteiger partial charge in [-0.1, -0.05) is 0 Å². The summed E-state index contributed by atoms with van der Waals surface area (Å²) in [5.41, 5.74) is 0.444. The lowest BCUT2D eigenvalue weighted by molar-refractivity contribution is 0.0673. The fourth-order valence-electron chi connectivity index (χ4n) is 2.09. The number of amides is 1. The number of alkyl halides is 1. The SMILES string of the molecule is CCn1cc(C(=O)N2C[C@@H](F)C[C@H]2CO)cn1. The van der Waals surface area contributed by atoms with Gasteiger partial charge < -0.3 is 10.0 Å². The molecular formula is C11H16FN3O2. The number of aliphatic hydroxyl groups excluding tert-OH is 1. The van der Waals surface area contributed by atoms with E-state index >= 15 is 0 Å². The molecule has 1 aliphatic heterocycles. The van der Waals surface area contributed by atoms with Gasteiger partial charge in [0.2, 0.25) is 0 Å². The van der Waals surface area contributed by atoms with Crippen molar-refractivity contribution in [3.8, 4) is 0 Å². The third-order valence-electron chi connectivity index (χ3n) is 3.04. The third-order valence-corrected chi connectivity index (χ3v) is 3.04. The van der Waals surface area contributed by atoms with Crippen LogP contribution in [0.15, 0.2) is 12.4 Å². The van der Waals surface area contributed by atoms with Gasteiger partial charge in [-0.25, -0.2) is 4.39 Å². The predicted molar refractivity (Wildman–Crippen MR) is 59.3 cm³/mol. The summed E-state index contributed by atoms with van der Waals surface area (Å²) in [4.78, 5) is 13.5. The maximum absolute atomic E-state index is 13.2. The van der Waals surface area contributed by atoms with Gasteiger partial charge in [0, 0.05) is 19.2 Å². The Morgan fingerprint density at radius 3 is 3.06 bits per heavy atom. The second-order valence-electron chi connectivity index (χ2n) is 4.21. The molecule has 0 saturated carbocycles. The number of likely N-dealkylation sites (tertiary alicyclic amines) is 1. The van der Waals surface area contributed by atoms with Gasteiger partial charge in [-0.2, -0.15) is 5.10 Å². The van der Waals surface area contributed by atoms with Crippen molar-refractivity contribution in [2.45, 2.75) is 32.1 Å². The van der Waals surface area contributed by atoms with E-state index in [-0.39, 0.29) is 25.5 Å². The molecule has 0 unspecified atom stereocenters. The van der Waals surface area contributed by atoms with Crippen LogP contribution in [0.5, 0.6) is 0 Å². The lowest BCUT2D eigenvalue weighted by Crippen LogP contribution is -2.37. The number of hydrogen-bond donors (Lipinski definition) is 1. The van der Waals surface area contributed by atoms with E-state index in [2.05, 4.69) is 5.10 Å². The van der Waals surface area contributed by atoms with Crippen LogP contribution in [0.25, 0.3) is 0 Å². The fourth-order valence-corrected chi connectivity index (χ4v) is 2.09. The largest absolute Gasteiger partial charge is 0.394 e. The molecule has 1 N–H and O–H groups in total. The molecule has 2 rings (SSSR count). The van der Waals surface area contributed by atoms with Crippen LogP contribution in [0.3, 0.4) is 0 Å². The summed E-state index contributed by atoms with van der Waals surface area (Å²) in [5, 5.41) is 13.1. The molecule has 5 nitrogen and oxygen atoms in total. The van der Waals surface area contributed by atoms with Crippen molar-refractivity contribution in [1.82, 2.24) is 14.7 Å². The van der Waals surface area contributed by atoms with E-state index in [1.54, 1.807) is 10.9 Å². The molecule has 0 aromatic carbocycles. The summed E-state index contributed by atoms with van der Waals surface area (Å²) in [6.45, 7) is 2.46. The lowest BCUT2D eigenvalue weighted by atomic mass is 10.2. The molecule has 0 aliphatic carbocycles. The Kier molecular flexibility index (Phi) is 3.42. The van der Waals surface area contributed by atoms with E-state index in [0.717, 1.165) is 0 Å². The van der Waals surface area contributed by atoms with Gasteiger partial charge in [-0.15, -0.1) is 0 Å².